The third-order valence-corrected chi connectivity index (χ3v) is 4.09. The molecule has 0 aliphatic heterocycles. The second-order valence-corrected chi connectivity index (χ2v) is 5.33. The molecule has 1 saturated carbocycles. The van der Waals surface area contributed by atoms with E-state index in [1.807, 2.05) is 19.2 Å². The standard InChI is InChI=1S/C16H25NO2/c1-12(13-8-10-14(18-2)11-9-13)17-15-6-4-5-7-16(15)19-3/h8-12,15-17H,4-7H2,1-3H3. The van der Waals surface area contributed by atoms with Crippen LogP contribution in [0.4, 0.5) is 0 Å². The summed E-state index contributed by atoms with van der Waals surface area (Å²) in [5.74, 6) is 0.906. The molecular formula is C16H25NO2. The molecule has 0 radical (unpaired) electrons. The Morgan fingerprint density at radius 3 is 2.42 bits per heavy atom. The van der Waals surface area contributed by atoms with Crippen molar-refractivity contribution in [1.29, 1.82) is 0 Å². The molecule has 3 heteroatoms. The van der Waals surface area contributed by atoms with E-state index in [4.69, 9.17) is 9.47 Å². The minimum Gasteiger partial charge on any atom is -0.497 e. The average Bonchev–Trinajstić information content (AvgIpc) is 2.48. The highest BCUT2D eigenvalue weighted by molar-refractivity contribution is 5.28. The fraction of sp³-hybridized carbons (Fsp3) is 0.625. The van der Waals surface area contributed by atoms with Crippen LogP contribution < -0.4 is 10.1 Å². The van der Waals surface area contributed by atoms with Gasteiger partial charge in [-0.3, -0.25) is 0 Å². The molecule has 3 nitrogen and oxygen atoms in total. The lowest BCUT2D eigenvalue weighted by molar-refractivity contribution is 0.0384. The van der Waals surface area contributed by atoms with Crippen LogP contribution in [0.5, 0.6) is 5.75 Å². The molecule has 3 atom stereocenters. The predicted octanol–water partition coefficient (Wildman–Crippen LogP) is 3.30. The summed E-state index contributed by atoms with van der Waals surface area (Å²) >= 11 is 0. The highest BCUT2D eigenvalue weighted by Gasteiger charge is 2.26. The fourth-order valence-corrected chi connectivity index (χ4v) is 2.88. The number of nitrogens with one attached hydrogen (secondary N) is 1. The Balaban J connectivity index is 1.96. The Hall–Kier alpha value is -1.06. The molecule has 19 heavy (non-hydrogen) atoms. The largest absolute Gasteiger partial charge is 0.497 e. The van der Waals surface area contributed by atoms with Gasteiger partial charge in [0.05, 0.1) is 13.2 Å². The molecule has 0 spiro atoms. The second kappa shape index (κ2) is 6.92. The summed E-state index contributed by atoms with van der Waals surface area (Å²) in [6.45, 7) is 2.21. The SMILES string of the molecule is COc1ccc(C(C)NC2CCCCC2OC)cc1. The Labute approximate surface area is 116 Å². The van der Waals surface area contributed by atoms with Crippen LogP contribution in [0.15, 0.2) is 24.3 Å². The summed E-state index contributed by atoms with van der Waals surface area (Å²) < 4.78 is 10.8. The second-order valence-electron chi connectivity index (χ2n) is 5.33. The van der Waals surface area contributed by atoms with Crippen molar-refractivity contribution in [1.82, 2.24) is 5.32 Å². The van der Waals surface area contributed by atoms with Crippen molar-refractivity contribution in [2.75, 3.05) is 14.2 Å². The van der Waals surface area contributed by atoms with Gasteiger partial charge in [0, 0.05) is 19.2 Å². The van der Waals surface area contributed by atoms with Crippen LogP contribution in [-0.4, -0.2) is 26.4 Å². The predicted molar refractivity (Wildman–Crippen MR) is 77.6 cm³/mol. The van der Waals surface area contributed by atoms with Crippen LogP contribution in [0.2, 0.25) is 0 Å². The first-order valence-electron chi connectivity index (χ1n) is 7.17. The lowest BCUT2D eigenvalue weighted by Crippen LogP contribution is -2.44. The lowest BCUT2D eigenvalue weighted by Gasteiger charge is -2.33. The van der Waals surface area contributed by atoms with Crippen molar-refractivity contribution in [3.63, 3.8) is 0 Å². The van der Waals surface area contributed by atoms with E-state index in [2.05, 4.69) is 24.4 Å². The molecule has 0 aromatic heterocycles. The average molecular weight is 263 g/mol. The van der Waals surface area contributed by atoms with Gasteiger partial charge in [-0.2, -0.15) is 0 Å². The molecular weight excluding hydrogens is 238 g/mol. The van der Waals surface area contributed by atoms with Crippen molar-refractivity contribution in [3.8, 4) is 5.75 Å². The molecule has 1 fully saturated rings. The van der Waals surface area contributed by atoms with E-state index in [0.29, 0.717) is 18.2 Å². The van der Waals surface area contributed by atoms with E-state index in [0.717, 1.165) is 5.75 Å². The number of benzene rings is 1. The van der Waals surface area contributed by atoms with Crippen LogP contribution >= 0.6 is 0 Å². The Bertz CT molecular complexity index is 377. The molecule has 0 amide bonds. The molecule has 2 rings (SSSR count). The monoisotopic (exact) mass is 263 g/mol. The molecule has 1 aliphatic carbocycles. The maximum absolute atomic E-state index is 5.59. The minimum atomic E-state index is 0.339. The summed E-state index contributed by atoms with van der Waals surface area (Å²) in [7, 11) is 3.52. The topological polar surface area (TPSA) is 30.5 Å². The van der Waals surface area contributed by atoms with Crippen LogP contribution in [0.1, 0.15) is 44.2 Å². The molecule has 1 aromatic carbocycles. The van der Waals surface area contributed by atoms with Crippen LogP contribution in [0, 0.1) is 0 Å². The Morgan fingerprint density at radius 1 is 1.11 bits per heavy atom. The van der Waals surface area contributed by atoms with Gasteiger partial charge in [-0.05, 0) is 37.5 Å². The number of ether oxygens (including phenoxy) is 2. The number of methoxy groups -OCH3 is 2. The van der Waals surface area contributed by atoms with E-state index in [1.165, 1.54) is 31.2 Å². The van der Waals surface area contributed by atoms with E-state index in [1.54, 1.807) is 7.11 Å². The van der Waals surface area contributed by atoms with Gasteiger partial charge in [0.15, 0.2) is 0 Å². The summed E-state index contributed by atoms with van der Waals surface area (Å²) in [6, 6.07) is 9.09. The van der Waals surface area contributed by atoms with E-state index < -0.39 is 0 Å². The van der Waals surface area contributed by atoms with E-state index >= 15 is 0 Å². The van der Waals surface area contributed by atoms with Gasteiger partial charge >= 0.3 is 0 Å². The van der Waals surface area contributed by atoms with Crippen molar-refractivity contribution >= 4 is 0 Å². The first kappa shape index (κ1) is 14.4. The van der Waals surface area contributed by atoms with Gasteiger partial charge in [0.2, 0.25) is 0 Å². The van der Waals surface area contributed by atoms with E-state index in [-0.39, 0.29) is 0 Å². The van der Waals surface area contributed by atoms with Crippen molar-refractivity contribution in [2.24, 2.45) is 0 Å². The van der Waals surface area contributed by atoms with Crippen molar-refractivity contribution in [2.45, 2.75) is 50.8 Å². The van der Waals surface area contributed by atoms with Gasteiger partial charge in [0.1, 0.15) is 5.75 Å². The molecule has 106 valence electrons. The zero-order valence-electron chi connectivity index (χ0n) is 12.2. The van der Waals surface area contributed by atoms with Crippen molar-refractivity contribution < 1.29 is 9.47 Å². The molecule has 1 aromatic rings. The Kier molecular flexibility index (Phi) is 5.23. The lowest BCUT2D eigenvalue weighted by atomic mass is 9.91. The highest BCUT2D eigenvalue weighted by Crippen LogP contribution is 2.24. The third kappa shape index (κ3) is 3.71. The maximum Gasteiger partial charge on any atom is 0.118 e. The number of hydrogen-bond acceptors (Lipinski definition) is 3. The summed E-state index contributed by atoms with van der Waals surface area (Å²) in [5, 5.41) is 3.71. The van der Waals surface area contributed by atoms with Crippen molar-refractivity contribution in [3.05, 3.63) is 29.8 Å². The van der Waals surface area contributed by atoms with Gasteiger partial charge in [0.25, 0.3) is 0 Å². The van der Waals surface area contributed by atoms with Crippen LogP contribution in [0.3, 0.4) is 0 Å². The number of hydrogen-bond donors (Lipinski definition) is 1. The van der Waals surface area contributed by atoms with E-state index in [9.17, 15) is 0 Å². The number of rotatable bonds is 5. The van der Waals surface area contributed by atoms with Crippen LogP contribution in [0.25, 0.3) is 0 Å². The first-order chi connectivity index (χ1) is 9.24. The van der Waals surface area contributed by atoms with Gasteiger partial charge in [-0.25, -0.2) is 0 Å². The summed E-state index contributed by atoms with van der Waals surface area (Å²) in [4.78, 5) is 0. The molecule has 0 heterocycles. The summed E-state index contributed by atoms with van der Waals surface area (Å²) in [5.41, 5.74) is 1.29. The molecule has 0 saturated heterocycles. The quantitative estimate of drug-likeness (QED) is 0.884. The van der Waals surface area contributed by atoms with Gasteiger partial charge in [-0.15, -0.1) is 0 Å². The molecule has 1 N–H and O–H groups in total. The molecule has 1 aliphatic rings. The third-order valence-electron chi connectivity index (χ3n) is 4.09. The maximum atomic E-state index is 5.59. The van der Waals surface area contributed by atoms with Gasteiger partial charge in [-0.1, -0.05) is 25.0 Å². The minimum absolute atomic E-state index is 0.339. The summed E-state index contributed by atoms with van der Waals surface area (Å²) in [6.07, 6.45) is 5.32. The van der Waals surface area contributed by atoms with Gasteiger partial charge < -0.3 is 14.8 Å². The zero-order chi connectivity index (χ0) is 13.7. The Morgan fingerprint density at radius 2 is 1.79 bits per heavy atom. The highest BCUT2D eigenvalue weighted by atomic mass is 16.5. The molecule has 0 bridgehead atoms. The van der Waals surface area contributed by atoms with Crippen LogP contribution in [-0.2, 0) is 4.74 Å². The fourth-order valence-electron chi connectivity index (χ4n) is 2.88. The zero-order valence-corrected chi connectivity index (χ0v) is 12.2. The smallest absolute Gasteiger partial charge is 0.118 e. The normalized spacial score (nSPS) is 25.0. The molecule has 3 unspecified atom stereocenters. The first-order valence-corrected chi connectivity index (χ1v) is 7.17.